The second-order valence-electron chi connectivity index (χ2n) is 5.58. The van der Waals surface area contributed by atoms with Crippen molar-refractivity contribution < 1.29 is 14.3 Å². The number of nitrogens with zero attached hydrogens (tertiary/aromatic N) is 2. The van der Waals surface area contributed by atoms with Crippen molar-refractivity contribution in [2.45, 2.75) is 31.3 Å². The van der Waals surface area contributed by atoms with Gasteiger partial charge in [0.25, 0.3) is 0 Å². The van der Waals surface area contributed by atoms with Crippen LogP contribution >= 0.6 is 0 Å². The lowest BCUT2D eigenvalue weighted by molar-refractivity contribution is -0.123. The van der Waals surface area contributed by atoms with E-state index < -0.39 is 6.10 Å². The number of ketones is 1. The van der Waals surface area contributed by atoms with E-state index >= 15 is 0 Å². The molecule has 1 aliphatic carbocycles. The minimum absolute atomic E-state index is 0.0119. The summed E-state index contributed by atoms with van der Waals surface area (Å²) >= 11 is 0. The molecule has 5 nitrogen and oxygen atoms in total. The minimum Gasteiger partial charge on any atom is -0.458 e. The minimum atomic E-state index is -0.427. The fraction of sp³-hybridized carbons (Fsp3) is 0.353. The Hall–Kier alpha value is -2.43. The standard InChI is InChI=1S/C17H18N2O3/c1-19-15(9-10-18-19)14-8-7-13(20)11-16(14)22-17(21)12-5-3-2-4-6-12/h2-6,9-10,14,16H,7-8,11H2,1H3/t14-,16+/m1/s1. The maximum Gasteiger partial charge on any atom is 0.338 e. The van der Waals surface area contributed by atoms with E-state index in [-0.39, 0.29) is 24.1 Å². The van der Waals surface area contributed by atoms with E-state index in [1.54, 1.807) is 35.1 Å². The molecule has 0 amide bonds. The van der Waals surface area contributed by atoms with E-state index in [1.165, 1.54) is 0 Å². The molecule has 1 aromatic carbocycles. The van der Waals surface area contributed by atoms with Crippen LogP contribution in [0.3, 0.4) is 0 Å². The van der Waals surface area contributed by atoms with Gasteiger partial charge in [-0.2, -0.15) is 5.10 Å². The predicted octanol–water partition coefficient (Wildman–Crippen LogP) is 2.48. The normalized spacial score (nSPS) is 21.6. The highest BCUT2D eigenvalue weighted by atomic mass is 16.5. The van der Waals surface area contributed by atoms with Crippen molar-refractivity contribution in [2.24, 2.45) is 7.05 Å². The van der Waals surface area contributed by atoms with Crippen molar-refractivity contribution in [3.05, 3.63) is 53.9 Å². The van der Waals surface area contributed by atoms with Crippen LogP contribution < -0.4 is 0 Å². The number of carbonyl (C=O) groups is 2. The molecule has 3 rings (SSSR count). The van der Waals surface area contributed by atoms with Crippen LogP contribution in [0.15, 0.2) is 42.6 Å². The monoisotopic (exact) mass is 298 g/mol. The molecule has 1 heterocycles. The molecule has 0 unspecified atom stereocenters. The molecule has 0 saturated heterocycles. The summed E-state index contributed by atoms with van der Waals surface area (Å²) < 4.78 is 7.42. The molecule has 0 N–H and O–H groups in total. The van der Waals surface area contributed by atoms with Gasteiger partial charge in [-0.15, -0.1) is 0 Å². The molecular formula is C17H18N2O3. The van der Waals surface area contributed by atoms with Gasteiger partial charge in [0, 0.05) is 37.7 Å². The molecule has 2 atom stereocenters. The third-order valence-electron chi connectivity index (χ3n) is 4.12. The van der Waals surface area contributed by atoms with Gasteiger partial charge in [-0.3, -0.25) is 9.48 Å². The number of Topliss-reactive ketones (excluding diaryl/α,β-unsaturated/α-hetero) is 1. The van der Waals surface area contributed by atoms with Gasteiger partial charge in [0.05, 0.1) is 5.56 Å². The summed E-state index contributed by atoms with van der Waals surface area (Å²) in [5, 5.41) is 4.17. The van der Waals surface area contributed by atoms with Gasteiger partial charge in [-0.05, 0) is 24.6 Å². The third-order valence-corrected chi connectivity index (χ3v) is 4.12. The number of ether oxygens (including phenoxy) is 1. The number of hydrogen-bond acceptors (Lipinski definition) is 4. The van der Waals surface area contributed by atoms with E-state index in [0.29, 0.717) is 18.4 Å². The van der Waals surface area contributed by atoms with E-state index in [4.69, 9.17) is 4.74 Å². The summed E-state index contributed by atoms with van der Waals surface area (Å²) in [6.45, 7) is 0. The summed E-state index contributed by atoms with van der Waals surface area (Å²) in [6.07, 6.45) is 2.78. The van der Waals surface area contributed by atoms with Crippen LogP contribution in [0.25, 0.3) is 0 Å². The molecule has 1 aliphatic rings. The molecule has 0 spiro atoms. The van der Waals surface area contributed by atoms with E-state index in [0.717, 1.165) is 5.69 Å². The SMILES string of the molecule is Cn1nccc1[C@H]1CCC(=O)C[C@@H]1OC(=O)c1ccccc1. The summed E-state index contributed by atoms with van der Waals surface area (Å²) in [5.74, 6) is -0.227. The molecule has 1 fully saturated rings. The van der Waals surface area contributed by atoms with E-state index in [1.807, 2.05) is 19.2 Å². The molecule has 5 heteroatoms. The van der Waals surface area contributed by atoms with Crippen LogP contribution in [0.1, 0.15) is 41.2 Å². The number of carbonyl (C=O) groups excluding carboxylic acids is 2. The lowest BCUT2D eigenvalue weighted by Crippen LogP contribution is -2.33. The van der Waals surface area contributed by atoms with Gasteiger partial charge in [0.15, 0.2) is 0 Å². The molecule has 0 radical (unpaired) electrons. The van der Waals surface area contributed by atoms with Gasteiger partial charge in [0.2, 0.25) is 0 Å². The number of aromatic nitrogens is 2. The largest absolute Gasteiger partial charge is 0.458 e. The molecule has 22 heavy (non-hydrogen) atoms. The van der Waals surface area contributed by atoms with Crippen molar-refractivity contribution in [1.82, 2.24) is 9.78 Å². The first-order chi connectivity index (χ1) is 10.6. The van der Waals surface area contributed by atoms with Crippen LogP contribution in [-0.4, -0.2) is 27.6 Å². The number of benzene rings is 1. The summed E-state index contributed by atoms with van der Waals surface area (Å²) in [4.78, 5) is 24.0. The molecule has 114 valence electrons. The maximum atomic E-state index is 12.3. The van der Waals surface area contributed by atoms with Gasteiger partial charge in [0.1, 0.15) is 11.9 Å². The zero-order valence-electron chi connectivity index (χ0n) is 12.4. The smallest absolute Gasteiger partial charge is 0.338 e. The summed E-state index contributed by atoms with van der Waals surface area (Å²) in [7, 11) is 1.86. The van der Waals surface area contributed by atoms with Gasteiger partial charge in [-0.25, -0.2) is 4.79 Å². The lowest BCUT2D eigenvalue weighted by atomic mass is 9.83. The van der Waals surface area contributed by atoms with Crippen LogP contribution in [0.5, 0.6) is 0 Å². The fourth-order valence-corrected chi connectivity index (χ4v) is 2.96. The second kappa shape index (κ2) is 6.13. The van der Waals surface area contributed by atoms with Crippen molar-refractivity contribution in [2.75, 3.05) is 0 Å². The molecule has 1 aromatic heterocycles. The highest BCUT2D eigenvalue weighted by molar-refractivity contribution is 5.90. The average Bonchev–Trinajstić information content (AvgIpc) is 2.94. The van der Waals surface area contributed by atoms with Gasteiger partial charge in [-0.1, -0.05) is 18.2 Å². The Morgan fingerprint density at radius 3 is 2.73 bits per heavy atom. The average molecular weight is 298 g/mol. The quantitative estimate of drug-likeness (QED) is 0.817. The third kappa shape index (κ3) is 2.93. The van der Waals surface area contributed by atoms with Crippen LogP contribution in [0, 0.1) is 0 Å². The van der Waals surface area contributed by atoms with E-state index in [2.05, 4.69) is 5.10 Å². The number of aryl methyl sites for hydroxylation is 1. The van der Waals surface area contributed by atoms with Crippen molar-refractivity contribution in [3.63, 3.8) is 0 Å². The zero-order valence-corrected chi connectivity index (χ0v) is 12.4. The Morgan fingerprint density at radius 1 is 1.27 bits per heavy atom. The zero-order chi connectivity index (χ0) is 15.5. The van der Waals surface area contributed by atoms with Crippen LogP contribution in [-0.2, 0) is 16.6 Å². The Balaban J connectivity index is 1.80. The number of esters is 1. The van der Waals surface area contributed by atoms with Gasteiger partial charge < -0.3 is 4.74 Å². The fourth-order valence-electron chi connectivity index (χ4n) is 2.96. The Kier molecular flexibility index (Phi) is 4.04. The summed E-state index contributed by atoms with van der Waals surface area (Å²) in [5.41, 5.74) is 1.50. The van der Waals surface area contributed by atoms with E-state index in [9.17, 15) is 9.59 Å². The van der Waals surface area contributed by atoms with Gasteiger partial charge >= 0.3 is 5.97 Å². The van der Waals surface area contributed by atoms with Crippen molar-refractivity contribution >= 4 is 11.8 Å². The summed E-state index contributed by atoms with van der Waals surface area (Å²) in [6, 6.07) is 10.8. The number of hydrogen-bond donors (Lipinski definition) is 0. The first-order valence-electron chi connectivity index (χ1n) is 7.41. The Morgan fingerprint density at radius 2 is 2.05 bits per heavy atom. The van der Waals surface area contributed by atoms with Crippen molar-refractivity contribution in [3.8, 4) is 0 Å². The first kappa shape index (κ1) is 14.5. The second-order valence-corrected chi connectivity index (χ2v) is 5.58. The van der Waals surface area contributed by atoms with Crippen LogP contribution in [0.2, 0.25) is 0 Å². The predicted molar refractivity (Wildman–Crippen MR) is 80.5 cm³/mol. The Bertz CT molecular complexity index is 678. The molecule has 2 aromatic rings. The molecule has 1 saturated carbocycles. The maximum absolute atomic E-state index is 12.3. The number of rotatable bonds is 3. The topological polar surface area (TPSA) is 61.2 Å². The molecular weight excluding hydrogens is 280 g/mol. The first-order valence-corrected chi connectivity index (χ1v) is 7.41. The molecule has 0 bridgehead atoms. The lowest BCUT2D eigenvalue weighted by Gasteiger charge is -2.30. The highest BCUT2D eigenvalue weighted by Gasteiger charge is 2.35. The Labute approximate surface area is 128 Å². The van der Waals surface area contributed by atoms with Crippen LogP contribution in [0.4, 0.5) is 0 Å². The highest BCUT2D eigenvalue weighted by Crippen LogP contribution is 2.33. The molecule has 0 aliphatic heterocycles. The van der Waals surface area contributed by atoms with Crippen molar-refractivity contribution in [1.29, 1.82) is 0 Å².